The number of ketones is 4. The van der Waals surface area contributed by atoms with Crippen LogP contribution in [-0.2, 0) is 20.8 Å². The minimum absolute atomic E-state index is 0.0460. The van der Waals surface area contributed by atoms with Gasteiger partial charge in [0.1, 0.15) is 17.3 Å². The Balaban J connectivity index is 0.00000110. The van der Waals surface area contributed by atoms with Crippen molar-refractivity contribution in [1.29, 1.82) is 0 Å². The number of fused-ring (bicyclic) bond motifs is 1. The fourth-order valence-electron chi connectivity index (χ4n) is 4.69. The molecule has 4 heteroatoms. The smallest absolute Gasteiger partial charge is 0.163 e. The van der Waals surface area contributed by atoms with E-state index in [2.05, 4.69) is 26.8 Å². The van der Waals surface area contributed by atoms with Crippen molar-refractivity contribution in [2.75, 3.05) is 0 Å². The Morgan fingerprint density at radius 3 is 2.03 bits per heavy atom. The molecule has 3 atom stereocenters. The van der Waals surface area contributed by atoms with Crippen LogP contribution in [0.2, 0.25) is 0 Å². The van der Waals surface area contributed by atoms with Crippen molar-refractivity contribution in [3.63, 3.8) is 0 Å². The molecule has 35 heavy (non-hydrogen) atoms. The SMILES string of the molecule is CC(=O)C(C)C.CCC.CCCC(CC1CC(=O)c2c(C)cccc2C1)C(CC)C(=O)CC(C)=O. The molecule has 0 N–H and O–H groups in total. The van der Waals surface area contributed by atoms with Crippen LogP contribution in [0.15, 0.2) is 18.2 Å². The van der Waals surface area contributed by atoms with E-state index < -0.39 is 0 Å². The normalized spacial score (nSPS) is 16.2. The maximum atomic E-state index is 12.7. The highest BCUT2D eigenvalue weighted by Gasteiger charge is 2.32. The Hall–Kier alpha value is -2.10. The van der Waals surface area contributed by atoms with Gasteiger partial charge in [-0.05, 0) is 63.0 Å². The Morgan fingerprint density at radius 2 is 1.57 bits per heavy atom. The monoisotopic (exact) mass is 486 g/mol. The van der Waals surface area contributed by atoms with Crippen molar-refractivity contribution < 1.29 is 19.2 Å². The van der Waals surface area contributed by atoms with Crippen LogP contribution in [0.1, 0.15) is 122 Å². The van der Waals surface area contributed by atoms with Gasteiger partial charge in [0.25, 0.3) is 0 Å². The van der Waals surface area contributed by atoms with Gasteiger partial charge < -0.3 is 0 Å². The molecule has 198 valence electrons. The molecule has 0 saturated heterocycles. The van der Waals surface area contributed by atoms with Crippen LogP contribution in [0.3, 0.4) is 0 Å². The highest BCUT2D eigenvalue weighted by atomic mass is 16.1. The Morgan fingerprint density at radius 1 is 1.00 bits per heavy atom. The maximum absolute atomic E-state index is 12.7. The first kappa shape index (κ1) is 32.9. The van der Waals surface area contributed by atoms with Crippen molar-refractivity contribution in [3.8, 4) is 0 Å². The van der Waals surface area contributed by atoms with Crippen LogP contribution in [0.25, 0.3) is 0 Å². The van der Waals surface area contributed by atoms with Crippen molar-refractivity contribution in [2.24, 2.45) is 23.7 Å². The summed E-state index contributed by atoms with van der Waals surface area (Å²) < 4.78 is 0. The molecule has 0 heterocycles. The summed E-state index contributed by atoms with van der Waals surface area (Å²) in [4.78, 5) is 46.8. The molecule has 3 unspecified atom stereocenters. The second-order valence-electron chi connectivity index (χ2n) is 10.4. The first-order chi connectivity index (χ1) is 16.4. The summed E-state index contributed by atoms with van der Waals surface area (Å²) in [7, 11) is 0. The number of carbonyl (C=O) groups excluding carboxylic acids is 4. The molecule has 1 aliphatic carbocycles. The van der Waals surface area contributed by atoms with Crippen LogP contribution in [-0.4, -0.2) is 23.1 Å². The average Bonchev–Trinajstić information content (AvgIpc) is 2.74. The van der Waals surface area contributed by atoms with Crippen molar-refractivity contribution >= 4 is 23.1 Å². The summed E-state index contributed by atoms with van der Waals surface area (Å²) in [5, 5.41) is 0. The summed E-state index contributed by atoms with van der Waals surface area (Å²) in [6.45, 7) is 17.3. The predicted octanol–water partition coefficient (Wildman–Crippen LogP) is 7.77. The van der Waals surface area contributed by atoms with Crippen LogP contribution in [0, 0.1) is 30.6 Å². The number of hydrogen-bond acceptors (Lipinski definition) is 4. The van der Waals surface area contributed by atoms with Crippen LogP contribution < -0.4 is 0 Å². The molecule has 0 radical (unpaired) electrons. The van der Waals surface area contributed by atoms with E-state index in [1.807, 2.05) is 39.8 Å². The highest BCUT2D eigenvalue weighted by Crippen LogP contribution is 2.36. The second kappa shape index (κ2) is 17.3. The van der Waals surface area contributed by atoms with Crippen LogP contribution in [0.4, 0.5) is 0 Å². The number of benzene rings is 1. The fraction of sp³-hybridized carbons (Fsp3) is 0.677. The molecule has 2 rings (SSSR count). The lowest BCUT2D eigenvalue weighted by atomic mass is 9.72. The molecule has 0 amide bonds. The third-order valence-corrected chi connectivity index (χ3v) is 6.57. The van der Waals surface area contributed by atoms with Gasteiger partial charge in [0.2, 0.25) is 0 Å². The molecule has 0 fully saturated rings. The molecule has 1 aliphatic rings. The van der Waals surface area contributed by atoms with Gasteiger partial charge in [-0.2, -0.15) is 0 Å². The first-order valence-electron chi connectivity index (χ1n) is 13.6. The molecular formula is C31H50O4. The molecule has 0 spiro atoms. The zero-order valence-electron chi connectivity index (χ0n) is 23.8. The van der Waals surface area contributed by atoms with Gasteiger partial charge in [0.15, 0.2) is 5.78 Å². The number of hydrogen-bond donors (Lipinski definition) is 0. The standard InChI is InChI=1S/C23H32O3.C5H10O.C3H8/c1-5-8-18(20(6-2)21(25)11-16(4)24)12-17-13-19-10-7-9-15(3)23(19)22(26)14-17;1-4(2)5(3)6;1-3-2/h7,9-10,17-18,20H,5-6,8,11-14H2,1-4H3;4H,1-3H3;3H2,1-2H3. The van der Waals surface area contributed by atoms with Crippen molar-refractivity contribution in [3.05, 3.63) is 34.9 Å². The Kier molecular flexibility index (Phi) is 16.3. The minimum atomic E-state index is -0.0622. The van der Waals surface area contributed by atoms with E-state index in [1.54, 1.807) is 6.92 Å². The van der Waals surface area contributed by atoms with Crippen molar-refractivity contribution in [1.82, 2.24) is 0 Å². The van der Waals surface area contributed by atoms with E-state index in [1.165, 1.54) is 13.3 Å². The zero-order valence-corrected chi connectivity index (χ0v) is 23.8. The largest absolute Gasteiger partial charge is 0.300 e. The Labute approximate surface area is 214 Å². The summed E-state index contributed by atoms with van der Waals surface area (Å²) in [5.74, 6) is 1.24. The summed E-state index contributed by atoms with van der Waals surface area (Å²) >= 11 is 0. The molecule has 1 aromatic rings. The number of aryl methyl sites for hydroxylation is 1. The minimum Gasteiger partial charge on any atom is -0.300 e. The van der Waals surface area contributed by atoms with Gasteiger partial charge in [0.05, 0.1) is 6.42 Å². The highest BCUT2D eigenvalue weighted by molar-refractivity contribution is 6.00. The Bertz CT molecular complexity index is 821. The van der Waals surface area contributed by atoms with E-state index in [-0.39, 0.29) is 47.3 Å². The average molecular weight is 487 g/mol. The van der Waals surface area contributed by atoms with E-state index in [9.17, 15) is 19.2 Å². The predicted molar refractivity (Wildman–Crippen MR) is 146 cm³/mol. The van der Waals surface area contributed by atoms with Gasteiger partial charge in [0, 0.05) is 23.8 Å². The number of Topliss-reactive ketones (excluding diaryl/α,β-unsaturated/α-hetero) is 4. The van der Waals surface area contributed by atoms with Gasteiger partial charge in [-0.25, -0.2) is 0 Å². The second-order valence-corrected chi connectivity index (χ2v) is 10.4. The first-order valence-corrected chi connectivity index (χ1v) is 13.6. The third-order valence-electron chi connectivity index (χ3n) is 6.57. The van der Waals surface area contributed by atoms with Crippen molar-refractivity contribution in [2.45, 2.75) is 114 Å². The molecule has 4 nitrogen and oxygen atoms in total. The zero-order chi connectivity index (χ0) is 27.1. The molecule has 1 aromatic carbocycles. The molecule has 0 aliphatic heterocycles. The lowest BCUT2D eigenvalue weighted by Gasteiger charge is -2.31. The lowest BCUT2D eigenvalue weighted by molar-refractivity contribution is -0.130. The van der Waals surface area contributed by atoms with Gasteiger partial charge in [-0.1, -0.05) is 79.0 Å². The van der Waals surface area contributed by atoms with Crippen LogP contribution >= 0.6 is 0 Å². The topological polar surface area (TPSA) is 68.3 Å². The molecule has 0 aromatic heterocycles. The third kappa shape index (κ3) is 11.9. The molecule has 0 bridgehead atoms. The van der Waals surface area contributed by atoms with E-state index >= 15 is 0 Å². The van der Waals surface area contributed by atoms with Gasteiger partial charge >= 0.3 is 0 Å². The van der Waals surface area contributed by atoms with Crippen LogP contribution in [0.5, 0.6) is 0 Å². The van der Waals surface area contributed by atoms with Gasteiger partial charge in [-0.15, -0.1) is 0 Å². The molecule has 0 saturated carbocycles. The maximum Gasteiger partial charge on any atom is 0.163 e. The van der Waals surface area contributed by atoms with E-state index in [0.29, 0.717) is 12.3 Å². The fourth-order valence-corrected chi connectivity index (χ4v) is 4.69. The number of carbonyl (C=O) groups is 4. The summed E-state index contributed by atoms with van der Waals surface area (Å²) in [5.41, 5.74) is 3.14. The van der Waals surface area contributed by atoms with E-state index in [0.717, 1.165) is 48.8 Å². The van der Waals surface area contributed by atoms with Gasteiger partial charge in [-0.3, -0.25) is 19.2 Å². The summed E-state index contributed by atoms with van der Waals surface area (Å²) in [6, 6.07) is 6.10. The number of rotatable bonds is 10. The lowest BCUT2D eigenvalue weighted by Crippen LogP contribution is -2.29. The summed E-state index contributed by atoms with van der Waals surface area (Å²) in [6.07, 6.45) is 6.46. The quantitative estimate of drug-likeness (QED) is 0.317. The molecular weight excluding hydrogens is 436 g/mol. The van der Waals surface area contributed by atoms with E-state index in [4.69, 9.17) is 0 Å².